The standard InChI is InChI=1S/C15H21NO3/c1-11(14(18)19)16-13(17)9-10-15(2,3)12-7-5-4-6-8-12/h4-8,11H,9-10H2,1-3H3,(H,16,17)(H,18,19)/t11-/m1/s1. The minimum absolute atomic E-state index is 0.106. The Hall–Kier alpha value is -1.84. The van der Waals surface area contributed by atoms with Crippen molar-refractivity contribution in [1.82, 2.24) is 5.32 Å². The summed E-state index contributed by atoms with van der Waals surface area (Å²) >= 11 is 0. The topological polar surface area (TPSA) is 66.4 Å². The van der Waals surface area contributed by atoms with Crippen LogP contribution >= 0.6 is 0 Å². The second-order valence-electron chi connectivity index (χ2n) is 5.38. The van der Waals surface area contributed by atoms with Crippen LogP contribution in [0.5, 0.6) is 0 Å². The van der Waals surface area contributed by atoms with Crippen molar-refractivity contribution in [2.45, 2.75) is 45.1 Å². The molecule has 0 unspecified atom stereocenters. The molecule has 0 saturated carbocycles. The van der Waals surface area contributed by atoms with E-state index in [4.69, 9.17) is 5.11 Å². The second kappa shape index (κ2) is 6.36. The molecule has 0 aliphatic rings. The van der Waals surface area contributed by atoms with Crippen molar-refractivity contribution in [2.24, 2.45) is 0 Å². The van der Waals surface area contributed by atoms with Gasteiger partial charge in [0.1, 0.15) is 6.04 Å². The molecule has 0 aliphatic heterocycles. The molecule has 0 saturated heterocycles. The second-order valence-corrected chi connectivity index (χ2v) is 5.38. The lowest BCUT2D eigenvalue weighted by Crippen LogP contribution is -2.38. The molecule has 1 atom stereocenters. The molecule has 4 heteroatoms. The van der Waals surface area contributed by atoms with Crippen LogP contribution in [0.4, 0.5) is 0 Å². The van der Waals surface area contributed by atoms with E-state index in [1.807, 2.05) is 30.3 Å². The van der Waals surface area contributed by atoms with E-state index in [9.17, 15) is 9.59 Å². The first-order chi connectivity index (χ1) is 8.83. The third-order valence-electron chi connectivity index (χ3n) is 3.28. The number of carbonyl (C=O) groups excluding carboxylic acids is 1. The number of nitrogens with one attached hydrogen (secondary N) is 1. The number of hydrogen-bond acceptors (Lipinski definition) is 2. The molecule has 4 nitrogen and oxygen atoms in total. The molecular formula is C15H21NO3. The van der Waals surface area contributed by atoms with Gasteiger partial charge < -0.3 is 10.4 Å². The van der Waals surface area contributed by atoms with Crippen molar-refractivity contribution in [1.29, 1.82) is 0 Å². The van der Waals surface area contributed by atoms with Crippen molar-refractivity contribution in [3.63, 3.8) is 0 Å². The van der Waals surface area contributed by atoms with E-state index >= 15 is 0 Å². The number of carbonyl (C=O) groups is 2. The molecule has 1 aromatic rings. The van der Waals surface area contributed by atoms with Crippen molar-refractivity contribution in [3.05, 3.63) is 35.9 Å². The maximum absolute atomic E-state index is 11.7. The number of aliphatic carboxylic acids is 1. The molecule has 1 amide bonds. The van der Waals surface area contributed by atoms with Gasteiger partial charge in [-0.05, 0) is 24.3 Å². The minimum atomic E-state index is -1.02. The SMILES string of the molecule is C[C@@H](NC(=O)CCC(C)(C)c1ccccc1)C(=O)O. The Morgan fingerprint density at radius 3 is 2.37 bits per heavy atom. The number of amides is 1. The van der Waals surface area contributed by atoms with Crippen LogP contribution in [-0.2, 0) is 15.0 Å². The van der Waals surface area contributed by atoms with Gasteiger partial charge in [0.2, 0.25) is 5.91 Å². The third-order valence-corrected chi connectivity index (χ3v) is 3.28. The average molecular weight is 263 g/mol. The predicted octanol–water partition coefficient (Wildman–Crippen LogP) is 2.33. The molecular weight excluding hydrogens is 242 g/mol. The van der Waals surface area contributed by atoms with Crippen LogP contribution in [0.15, 0.2) is 30.3 Å². The summed E-state index contributed by atoms with van der Waals surface area (Å²) < 4.78 is 0. The number of rotatable bonds is 6. The van der Waals surface area contributed by atoms with Crippen molar-refractivity contribution >= 4 is 11.9 Å². The number of hydrogen-bond donors (Lipinski definition) is 2. The summed E-state index contributed by atoms with van der Waals surface area (Å²) in [6.07, 6.45) is 0.995. The highest BCUT2D eigenvalue weighted by atomic mass is 16.4. The Kier molecular flexibility index (Phi) is 5.10. The van der Waals surface area contributed by atoms with E-state index < -0.39 is 12.0 Å². The van der Waals surface area contributed by atoms with Crippen LogP contribution in [0, 0.1) is 0 Å². The molecule has 0 aromatic heterocycles. The van der Waals surface area contributed by atoms with Gasteiger partial charge >= 0.3 is 5.97 Å². The quantitative estimate of drug-likeness (QED) is 0.827. The van der Waals surface area contributed by atoms with Crippen LogP contribution in [0.1, 0.15) is 39.2 Å². The number of carboxylic acids is 1. The maximum Gasteiger partial charge on any atom is 0.325 e. The van der Waals surface area contributed by atoms with E-state index in [0.717, 1.165) is 0 Å². The molecule has 1 rings (SSSR count). The van der Waals surface area contributed by atoms with Gasteiger partial charge in [-0.15, -0.1) is 0 Å². The summed E-state index contributed by atoms with van der Waals surface area (Å²) in [5.41, 5.74) is 1.07. The normalized spacial score (nSPS) is 12.8. The van der Waals surface area contributed by atoms with Crippen LogP contribution in [-0.4, -0.2) is 23.0 Å². The van der Waals surface area contributed by atoms with Gasteiger partial charge in [0.25, 0.3) is 0 Å². The Balaban J connectivity index is 2.52. The van der Waals surface area contributed by atoms with Crippen LogP contribution in [0.3, 0.4) is 0 Å². The highest BCUT2D eigenvalue weighted by molar-refractivity contribution is 5.83. The first-order valence-corrected chi connectivity index (χ1v) is 6.40. The molecule has 1 aromatic carbocycles. The van der Waals surface area contributed by atoms with E-state index in [-0.39, 0.29) is 11.3 Å². The van der Waals surface area contributed by atoms with Gasteiger partial charge in [0.05, 0.1) is 0 Å². The Labute approximate surface area is 113 Å². The molecule has 19 heavy (non-hydrogen) atoms. The summed E-state index contributed by atoms with van der Waals surface area (Å²) in [6.45, 7) is 5.62. The highest BCUT2D eigenvalue weighted by Gasteiger charge is 2.22. The largest absolute Gasteiger partial charge is 0.480 e. The van der Waals surface area contributed by atoms with Gasteiger partial charge in [0.15, 0.2) is 0 Å². The Morgan fingerprint density at radius 2 is 1.84 bits per heavy atom. The van der Waals surface area contributed by atoms with Gasteiger partial charge in [-0.25, -0.2) is 0 Å². The summed E-state index contributed by atoms with van der Waals surface area (Å²) in [5.74, 6) is -1.24. The molecule has 0 bridgehead atoms. The van der Waals surface area contributed by atoms with Crippen LogP contribution in [0.2, 0.25) is 0 Å². The van der Waals surface area contributed by atoms with Gasteiger partial charge in [0, 0.05) is 6.42 Å². The van der Waals surface area contributed by atoms with Gasteiger partial charge in [-0.3, -0.25) is 9.59 Å². The highest BCUT2D eigenvalue weighted by Crippen LogP contribution is 2.27. The first kappa shape index (κ1) is 15.2. The zero-order valence-corrected chi connectivity index (χ0v) is 11.6. The Bertz CT molecular complexity index is 440. The summed E-state index contributed by atoms with van der Waals surface area (Å²) in [5, 5.41) is 11.2. The van der Waals surface area contributed by atoms with Crippen LogP contribution < -0.4 is 5.32 Å². The Morgan fingerprint density at radius 1 is 1.26 bits per heavy atom. The fraction of sp³-hybridized carbons (Fsp3) is 0.467. The maximum atomic E-state index is 11.7. The monoisotopic (exact) mass is 263 g/mol. The fourth-order valence-electron chi connectivity index (χ4n) is 1.84. The smallest absolute Gasteiger partial charge is 0.325 e. The summed E-state index contributed by atoms with van der Waals surface area (Å²) in [6, 6.07) is 9.15. The van der Waals surface area contributed by atoms with Gasteiger partial charge in [-0.1, -0.05) is 44.2 Å². The third kappa shape index (κ3) is 4.73. The molecule has 104 valence electrons. The van der Waals surface area contributed by atoms with E-state index in [1.165, 1.54) is 12.5 Å². The molecule has 2 N–H and O–H groups in total. The summed E-state index contributed by atoms with van der Waals surface area (Å²) in [4.78, 5) is 22.3. The molecule has 0 spiro atoms. The fourth-order valence-corrected chi connectivity index (χ4v) is 1.84. The minimum Gasteiger partial charge on any atom is -0.480 e. The van der Waals surface area contributed by atoms with Gasteiger partial charge in [-0.2, -0.15) is 0 Å². The molecule has 0 radical (unpaired) electrons. The number of carboxylic acid groups (broad SMARTS) is 1. The lowest BCUT2D eigenvalue weighted by Gasteiger charge is -2.25. The lowest BCUT2D eigenvalue weighted by molar-refractivity contribution is -0.141. The average Bonchev–Trinajstić information content (AvgIpc) is 2.37. The van der Waals surface area contributed by atoms with E-state index in [0.29, 0.717) is 12.8 Å². The van der Waals surface area contributed by atoms with E-state index in [1.54, 1.807) is 0 Å². The summed E-state index contributed by atoms with van der Waals surface area (Å²) in [7, 11) is 0. The van der Waals surface area contributed by atoms with Crippen molar-refractivity contribution in [2.75, 3.05) is 0 Å². The van der Waals surface area contributed by atoms with E-state index in [2.05, 4.69) is 19.2 Å². The lowest BCUT2D eigenvalue weighted by atomic mass is 9.80. The molecule has 0 heterocycles. The molecule has 0 aliphatic carbocycles. The molecule has 0 fully saturated rings. The van der Waals surface area contributed by atoms with Crippen LogP contribution in [0.25, 0.3) is 0 Å². The predicted molar refractivity (Wildman–Crippen MR) is 73.9 cm³/mol. The van der Waals surface area contributed by atoms with Crippen molar-refractivity contribution in [3.8, 4) is 0 Å². The zero-order chi connectivity index (χ0) is 14.5. The number of benzene rings is 1. The first-order valence-electron chi connectivity index (χ1n) is 6.40. The van der Waals surface area contributed by atoms with Crippen molar-refractivity contribution < 1.29 is 14.7 Å². The zero-order valence-electron chi connectivity index (χ0n) is 11.6.